The van der Waals surface area contributed by atoms with Crippen molar-refractivity contribution in [3.8, 4) is 0 Å². The lowest BCUT2D eigenvalue weighted by molar-refractivity contribution is -0.133. The van der Waals surface area contributed by atoms with Gasteiger partial charge in [-0.25, -0.2) is 8.42 Å². The van der Waals surface area contributed by atoms with E-state index in [1.807, 2.05) is 0 Å². The van der Waals surface area contributed by atoms with Gasteiger partial charge >= 0.3 is 0 Å². The van der Waals surface area contributed by atoms with Gasteiger partial charge in [-0.3, -0.25) is 9.59 Å². The molecule has 2 aliphatic heterocycles. The fourth-order valence-corrected chi connectivity index (χ4v) is 4.90. The van der Waals surface area contributed by atoms with Crippen LogP contribution in [0.3, 0.4) is 0 Å². The molecular weight excluding hydrogens is 360 g/mol. The molecule has 0 spiro atoms. The summed E-state index contributed by atoms with van der Waals surface area (Å²) in [6, 6.07) is 1.40. The molecule has 2 amide bonds. The quantitative estimate of drug-likeness (QED) is 0.753. The zero-order valence-electron chi connectivity index (χ0n) is 14.8. The number of ether oxygens (including phenoxy) is 1. The van der Waals surface area contributed by atoms with Gasteiger partial charge in [-0.2, -0.15) is 4.31 Å². The maximum atomic E-state index is 12.8. The highest BCUT2D eigenvalue weighted by molar-refractivity contribution is 7.89. The average molecular weight is 384 g/mol. The van der Waals surface area contributed by atoms with Gasteiger partial charge in [0.05, 0.1) is 13.2 Å². The number of aromatic nitrogens is 1. The van der Waals surface area contributed by atoms with E-state index in [2.05, 4.69) is 0 Å². The van der Waals surface area contributed by atoms with Gasteiger partial charge in [0.15, 0.2) is 6.10 Å². The average Bonchev–Trinajstić information content (AvgIpc) is 3.04. The van der Waals surface area contributed by atoms with Gasteiger partial charge in [-0.15, -0.1) is 0 Å². The number of piperidine rings is 1. The van der Waals surface area contributed by atoms with E-state index in [0.29, 0.717) is 19.6 Å². The number of nitrogens with two attached hydrogens (primary N) is 1. The summed E-state index contributed by atoms with van der Waals surface area (Å²) in [5, 5.41) is 0. The van der Waals surface area contributed by atoms with E-state index < -0.39 is 22.0 Å². The monoisotopic (exact) mass is 384 g/mol. The molecule has 1 aromatic heterocycles. The van der Waals surface area contributed by atoms with Crippen LogP contribution >= 0.6 is 0 Å². The molecule has 26 heavy (non-hydrogen) atoms. The van der Waals surface area contributed by atoms with Crippen LogP contribution < -0.4 is 5.73 Å². The Labute approximate surface area is 152 Å². The van der Waals surface area contributed by atoms with Crippen molar-refractivity contribution in [2.45, 2.75) is 30.3 Å². The highest BCUT2D eigenvalue weighted by Crippen LogP contribution is 2.23. The van der Waals surface area contributed by atoms with Crippen molar-refractivity contribution >= 4 is 21.8 Å². The fourth-order valence-electron chi connectivity index (χ4n) is 3.31. The molecule has 2 fully saturated rings. The lowest BCUT2D eigenvalue weighted by atomic mass is 10.2. The van der Waals surface area contributed by atoms with Gasteiger partial charge in [0, 0.05) is 32.9 Å². The molecule has 10 heteroatoms. The van der Waals surface area contributed by atoms with Crippen LogP contribution in [-0.4, -0.2) is 72.9 Å². The van der Waals surface area contributed by atoms with Crippen molar-refractivity contribution in [3.05, 3.63) is 18.0 Å². The van der Waals surface area contributed by atoms with Crippen LogP contribution in [0.15, 0.2) is 17.2 Å². The number of sulfonamides is 1. The maximum absolute atomic E-state index is 12.8. The Morgan fingerprint density at radius 3 is 2.54 bits per heavy atom. The molecule has 0 aliphatic carbocycles. The van der Waals surface area contributed by atoms with Crippen LogP contribution in [0, 0.1) is 0 Å². The van der Waals surface area contributed by atoms with Crippen LogP contribution in [0.2, 0.25) is 0 Å². The Bertz CT molecular complexity index is 798. The van der Waals surface area contributed by atoms with Gasteiger partial charge in [-0.05, 0) is 18.9 Å². The zero-order chi connectivity index (χ0) is 18.9. The summed E-state index contributed by atoms with van der Waals surface area (Å²) in [4.78, 5) is 25.7. The first-order valence-corrected chi connectivity index (χ1v) is 10.1. The molecule has 9 nitrogen and oxygen atoms in total. The number of hydrogen-bond acceptors (Lipinski definition) is 5. The minimum Gasteiger partial charge on any atom is -0.367 e. The topological polar surface area (TPSA) is 115 Å². The van der Waals surface area contributed by atoms with Gasteiger partial charge in [0.2, 0.25) is 15.9 Å². The lowest BCUT2D eigenvalue weighted by Gasteiger charge is -2.31. The van der Waals surface area contributed by atoms with E-state index in [0.717, 1.165) is 19.3 Å². The third kappa shape index (κ3) is 3.62. The normalized spacial score (nSPS) is 22.3. The number of nitrogens with zero attached hydrogens (tertiary/aromatic N) is 3. The Hall–Kier alpha value is -1.91. The molecule has 2 aliphatic rings. The van der Waals surface area contributed by atoms with Crippen molar-refractivity contribution in [3.63, 3.8) is 0 Å². The van der Waals surface area contributed by atoms with Crippen molar-refractivity contribution in [1.82, 2.24) is 13.8 Å². The Morgan fingerprint density at radius 2 is 1.88 bits per heavy atom. The van der Waals surface area contributed by atoms with E-state index in [1.165, 1.54) is 26.0 Å². The maximum Gasteiger partial charge on any atom is 0.270 e. The van der Waals surface area contributed by atoms with Crippen molar-refractivity contribution in [2.24, 2.45) is 12.8 Å². The fraction of sp³-hybridized carbons (Fsp3) is 0.625. The van der Waals surface area contributed by atoms with Gasteiger partial charge < -0.3 is 19.9 Å². The van der Waals surface area contributed by atoms with Crippen molar-refractivity contribution in [2.75, 3.05) is 32.8 Å². The first kappa shape index (κ1) is 18.9. The molecule has 144 valence electrons. The third-order valence-corrected chi connectivity index (χ3v) is 6.69. The molecule has 0 bridgehead atoms. The summed E-state index contributed by atoms with van der Waals surface area (Å²) < 4.78 is 33.8. The summed E-state index contributed by atoms with van der Waals surface area (Å²) in [6.45, 7) is 1.60. The van der Waals surface area contributed by atoms with Crippen molar-refractivity contribution < 1.29 is 22.7 Å². The second-order valence-electron chi connectivity index (χ2n) is 6.65. The zero-order valence-corrected chi connectivity index (χ0v) is 15.6. The molecule has 1 aromatic rings. The van der Waals surface area contributed by atoms with Crippen LogP contribution in [0.1, 0.15) is 29.8 Å². The van der Waals surface area contributed by atoms with E-state index in [-0.39, 0.29) is 29.6 Å². The van der Waals surface area contributed by atoms with Gasteiger partial charge in [0.25, 0.3) is 5.91 Å². The second kappa shape index (κ2) is 7.37. The number of primary amides is 1. The molecule has 2 N–H and O–H groups in total. The predicted octanol–water partition coefficient (Wildman–Crippen LogP) is -0.474. The standard InChI is InChI=1S/C16H24N4O5S/c1-18-10-12(26(23,24)20-5-3-2-4-6-20)9-13(18)16(22)19-7-8-25-14(11-19)15(17)21/h9-10,14H,2-8,11H2,1H3,(H2,17,21). The molecule has 3 heterocycles. The van der Waals surface area contributed by atoms with E-state index in [9.17, 15) is 18.0 Å². The van der Waals surface area contributed by atoms with Crippen LogP contribution in [0.25, 0.3) is 0 Å². The number of aryl methyl sites for hydroxylation is 1. The van der Waals surface area contributed by atoms with Crippen LogP contribution in [0.5, 0.6) is 0 Å². The molecular formula is C16H24N4O5S. The Balaban J connectivity index is 1.81. The predicted molar refractivity (Wildman–Crippen MR) is 92.9 cm³/mol. The summed E-state index contributed by atoms with van der Waals surface area (Å²) in [6.07, 6.45) is 3.34. The molecule has 0 aromatic carbocycles. The Kier molecular flexibility index (Phi) is 5.35. The van der Waals surface area contributed by atoms with Gasteiger partial charge in [-0.1, -0.05) is 6.42 Å². The third-order valence-electron chi connectivity index (χ3n) is 4.82. The van der Waals surface area contributed by atoms with Crippen molar-refractivity contribution in [1.29, 1.82) is 0 Å². The first-order chi connectivity index (χ1) is 12.3. The molecule has 1 unspecified atom stereocenters. The second-order valence-corrected chi connectivity index (χ2v) is 8.59. The summed E-state index contributed by atoms with van der Waals surface area (Å²) in [7, 11) is -1.98. The number of carbonyl (C=O) groups excluding carboxylic acids is 2. The van der Waals surface area contributed by atoms with E-state index >= 15 is 0 Å². The molecule has 0 radical (unpaired) electrons. The lowest BCUT2D eigenvalue weighted by Crippen LogP contribution is -2.50. The van der Waals surface area contributed by atoms with Crippen LogP contribution in [-0.2, 0) is 26.6 Å². The Morgan fingerprint density at radius 1 is 1.19 bits per heavy atom. The van der Waals surface area contributed by atoms with E-state index in [4.69, 9.17) is 10.5 Å². The molecule has 3 rings (SSSR count). The minimum atomic E-state index is -3.61. The number of morpholine rings is 1. The van der Waals surface area contributed by atoms with E-state index in [1.54, 1.807) is 7.05 Å². The summed E-state index contributed by atoms with van der Waals surface area (Å²) >= 11 is 0. The molecule has 1 atom stereocenters. The largest absolute Gasteiger partial charge is 0.367 e. The highest BCUT2D eigenvalue weighted by atomic mass is 32.2. The minimum absolute atomic E-state index is 0.0631. The number of rotatable bonds is 4. The number of amides is 2. The SMILES string of the molecule is Cn1cc(S(=O)(=O)N2CCCCC2)cc1C(=O)N1CCOC(C(N)=O)C1. The number of hydrogen-bond donors (Lipinski definition) is 1. The highest BCUT2D eigenvalue weighted by Gasteiger charge is 2.32. The summed E-state index contributed by atoms with van der Waals surface area (Å²) in [5.74, 6) is -0.968. The van der Waals surface area contributed by atoms with Gasteiger partial charge in [0.1, 0.15) is 10.6 Å². The smallest absolute Gasteiger partial charge is 0.270 e. The first-order valence-electron chi connectivity index (χ1n) is 8.67. The molecule has 0 saturated carbocycles. The summed E-state index contributed by atoms with van der Waals surface area (Å²) in [5.41, 5.74) is 5.51. The van der Waals surface area contributed by atoms with Crippen LogP contribution in [0.4, 0.5) is 0 Å². The number of carbonyl (C=O) groups is 2. The molecule has 2 saturated heterocycles.